The highest BCUT2D eigenvalue weighted by Gasteiger charge is 2.31. The molecule has 0 amide bonds. The van der Waals surface area contributed by atoms with Gasteiger partial charge >= 0.3 is 15.6 Å². The molecule has 0 spiro atoms. The van der Waals surface area contributed by atoms with Gasteiger partial charge in [0.25, 0.3) is 0 Å². The molecule has 0 aliphatic heterocycles. The fourth-order valence-corrected chi connectivity index (χ4v) is 2.18. The first kappa shape index (κ1) is 16.0. The molecule has 0 aromatic rings. The fraction of sp³-hybridized carbons (Fsp3) is 0.714. The smallest absolute Gasteiger partial charge is 0.302 e. The summed E-state index contributed by atoms with van der Waals surface area (Å²) in [4.78, 5) is 25.5. The summed E-state index contributed by atoms with van der Waals surface area (Å²) in [6, 6.07) is 0. The van der Waals surface area contributed by atoms with Crippen LogP contribution in [-0.4, -0.2) is 21.3 Å². The molecule has 0 saturated heterocycles. The monoisotopic (exact) mass is 274 g/mol. The number of phosphoric ester groups is 1. The summed E-state index contributed by atoms with van der Waals surface area (Å²) >= 11 is 0. The highest BCUT2D eigenvalue weighted by molar-refractivity contribution is 7.60. The predicted molar refractivity (Wildman–Crippen MR) is 57.5 cm³/mol. The van der Waals surface area contributed by atoms with Crippen LogP contribution in [0.2, 0.25) is 0 Å². The molecule has 16 heavy (non-hydrogen) atoms. The molecule has 0 aromatic carbocycles. The van der Waals surface area contributed by atoms with Gasteiger partial charge in [-0.3, -0.25) is 4.52 Å². The number of hydrogen-bond acceptors (Lipinski definition) is 4. The number of hydrogen-bond donors (Lipinski definition) is 3. The Kier molecular flexibility index (Phi) is 6.07. The van der Waals surface area contributed by atoms with Gasteiger partial charge in [-0.1, -0.05) is 25.5 Å². The minimum absolute atomic E-state index is 0.252. The van der Waals surface area contributed by atoms with Gasteiger partial charge in [0.1, 0.15) is 0 Å². The van der Waals surface area contributed by atoms with Gasteiger partial charge in [0.2, 0.25) is 0 Å². The van der Waals surface area contributed by atoms with E-state index in [9.17, 15) is 9.13 Å². The van der Waals surface area contributed by atoms with Crippen molar-refractivity contribution in [3.63, 3.8) is 0 Å². The first-order valence-corrected chi connectivity index (χ1v) is 7.47. The minimum Gasteiger partial charge on any atom is -0.302 e. The highest BCUT2D eigenvalue weighted by atomic mass is 31.3. The fourth-order valence-electron chi connectivity index (χ4n) is 0.657. The van der Waals surface area contributed by atoms with Gasteiger partial charge in [-0.15, -0.1) is 0 Å². The van der Waals surface area contributed by atoms with Crippen LogP contribution >= 0.6 is 15.6 Å². The molecule has 1 atom stereocenters. The number of rotatable bonds is 6. The maximum absolute atomic E-state index is 11.0. The lowest BCUT2D eigenvalue weighted by molar-refractivity contribution is 0.191. The lowest BCUT2D eigenvalue weighted by Gasteiger charge is -2.11. The zero-order chi connectivity index (χ0) is 13.0. The average Bonchev–Trinajstić information content (AvgIpc) is 1.98. The Morgan fingerprint density at radius 3 is 2.19 bits per heavy atom. The van der Waals surface area contributed by atoms with E-state index in [2.05, 4.69) is 8.83 Å². The van der Waals surface area contributed by atoms with Gasteiger partial charge in [0.05, 0.1) is 6.61 Å². The van der Waals surface area contributed by atoms with Gasteiger partial charge in [-0.25, -0.2) is 9.13 Å². The maximum atomic E-state index is 11.0. The second kappa shape index (κ2) is 6.07. The second-order valence-electron chi connectivity index (χ2n) is 3.44. The van der Waals surface area contributed by atoms with E-state index in [1.54, 1.807) is 6.92 Å². The van der Waals surface area contributed by atoms with Gasteiger partial charge in [0.15, 0.2) is 0 Å². The molecule has 0 bridgehead atoms. The van der Waals surface area contributed by atoms with Crippen LogP contribution in [0.3, 0.4) is 0 Å². The van der Waals surface area contributed by atoms with E-state index < -0.39 is 15.6 Å². The van der Waals surface area contributed by atoms with Crippen LogP contribution < -0.4 is 0 Å². The van der Waals surface area contributed by atoms with Crippen molar-refractivity contribution in [2.45, 2.75) is 20.8 Å². The Morgan fingerprint density at radius 2 is 1.81 bits per heavy atom. The van der Waals surface area contributed by atoms with E-state index in [1.807, 2.05) is 13.8 Å². The van der Waals surface area contributed by atoms with Crippen LogP contribution in [-0.2, 0) is 18.0 Å². The molecule has 9 heteroatoms. The summed E-state index contributed by atoms with van der Waals surface area (Å²) in [7, 11) is -9.74. The van der Waals surface area contributed by atoms with E-state index in [0.717, 1.165) is 5.57 Å². The molecular formula is C7H16O7P2. The molecule has 7 nitrogen and oxygen atoms in total. The largest absolute Gasteiger partial charge is 0.481 e. The van der Waals surface area contributed by atoms with Crippen molar-refractivity contribution in [2.75, 3.05) is 6.61 Å². The molecule has 0 saturated carbocycles. The molecule has 96 valence electrons. The van der Waals surface area contributed by atoms with Crippen LogP contribution in [0.15, 0.2) is 11.6 Å². The van der Waals surface area contributed by atoms with E-state index in [4.69, 9.17) is 14.7 Å². The lowest BCUT2D eigenvalue weighted by Crippen LogP contribution is -1.96. The third-order valence-corrected chi connectivity index (χ3v) is 3.91. The van der Waals surface area contributed by atoms with Crippen LogP contribution in [0.5, 0.6) is 0 Å². The van der Waals surface area contributed by atoms with Crippen molar-refractivity contribution in [1.82, 2.24) is 0 Å². The first-order valence-electron chi connectivity index (χ1n) is 4.44. The average molecular weight is 274 g/mol. The highest BCUT2D eigenvalue weighted by Crippen LogP contribution is 2.57. The molecule has 0 heterocycles. The lowest BCUT2D eigenvalue weighted by atomic mass is 10.1. The van der Waals surface area contributed by atoms with E-state index in [0.29, 0.717) is 0 Å². The summed E-state index contributed by atoms with van der Waals surface area (Å²) in [6.07, 6.45) is 1.54. The molecule has 3 N–H and O–H groups in total. The SMILES string of the molecule is C/C(=C\COP(=O)(O)OP(=O)(O)O)C(C)C. The van der Waals surface area contributed by atoms with E-state index in [1.165, 1.54) is 6.08 Å². The third-order valence-electron chi connectivity index (χ3n) is 1.76. The Hall–Kier alpha value is -0.0000000000000000416. The third kappa shape index (κ3) is 8.19. The molecule has 0 rings (SSSR count). The minimum atomic E-state index is -5.03. The zero-order valence-electron chi connectivity index (χ0n) is 9.23. The predicted octanol–water partition coefficient (Wildman–Crippen LogP) is 1.81. The molecule has 0 aliphatic carbocycles. The molecule has 0 radical (unpaired) electrons. The van der Waals surface area contributed by atoms with Crippen molar-refractivity contribution in [3.05, 3.63) is 11.6 Å². The van der Waals surface area contributed by atoms with E-state index in [-0.39, 0.29) is 12.5 Å². The standard InChI is InChI=1S/C7H16O7P2/c1-6(2)7(3)4-5-13-16(11,12)14-15(8,9)10/h4,6H,5H2,1-3H3,(H,11,12)(H2,8,9,10)/b7-4+. The van der Waals surface area contributed by atoms with Crippen molar-refractivity contribution in [2.24, 2.45) is 5.92 Å². The van der Waals surface area contributed by atoms with Crippen molar-refractivity contribution >= 4 is 15.6 Å². The van der Waals surface area contributed by atoms with Gasteiger partial charge in [-0.05, 0) is 12.8 Å². The molecule has 0 aliphatic rings. The molecule has 0 aromatic heterocycles. The second-order valence-corrected chi connectivity index (χ2v) is 6.27. The topological polar surface area (TPSA) is 113 Å². The molecular weight excluding hydrogens is 258 g/mol. The summed E-state index contributed by atoms with van der Waals surface area (Å²) in [5.41, 5.74) is 0.927. The van der Waals surface area contributed by atoms with Crippen LogP contribution in [0.25, 0.3) is 0 Å². The normalized spacial score (nSPS) is 17.6. The number of allylic oxidation sites excluding steroid dienone is 1. The molecule has 1 unspecified atom stereocenters. The Labute approximate surface area is 93.9 Å². The number of phosphoric acid groups is 2. The summed E-state index contributed by atoms with van der Waals surface area (Å²) in [5.74, 6) is 0.254. The van der Waals surface area contributed by atoms with Crippen LogP contribution in [0.1, 0.15) is 20.8 Å². The van der Waals surface area contributed by atoms with E-state index >= 15 is 0 Å². The summed E-state index contributed by atoms with van der Waals surface area (Å²) < 4.78 is 29.2. The van der Waals surface area contributed by atoms with Gasteiger partial charge in [-0.2, -0.15) is 4.31 Å². The van der Waals surface area contributed by atoms with Gasteiger partial charge in [0, 0.05) is 0 Å². The summed E-state index contributed by atoms with van der Waals surface area (Å²) in [5, 5.41) is 0. The van der Waals surface area contributed by atoms with Crippen LogP contribution in [0, 0.1) is 5.92 Å². The Bertz CT molecular complexity index is 343. The Morgan fingerprint density at radius 1 is 1.31 bits per heavy atom. The summed E-state index contributed by atoms with van der Waals surface area (Å²) in [6.45, 7) is 5.41. The van der Waals surface area contributed by atoms with Crippen molar-refractivity contribution in [3.8, 4) is 0 Å². The quantitative estimate of drug-likeness (QED) is 0.500. The first-order chi connectivity index (χ1) is 7.03. The van der Waals surface area contributed by atoms with Gasteiger partial charge < -0.3 is 14.7 Å². The van der Waals surface area contributed by atoms with Crippen molar-refractivity contribution in [1.29, 1.82) is 0 Å². The molecule has 0 fully saturated rings. The maximum Gasteiger partial charge on any atom is 0.481 e. The van der Waals surface area contributed by atoms with Crippen LogP contribution in [0.4, 0.5) is 0 Å². The van der Waals surface area contributed by atoms with Crippen molar-refractivity contribution < 1.29 is 32.6 Å². The zero-order valence-corrected chi connectivity index (χ0v) is 11.0. The Balaban J connectivity index is 4.26.